The third-order valence-corrected chi connectivity index (χ3v) is 23.1. The number of esters is 4. The molecule has 2 aromatic carbocycles. The zero-order valence-electron chi connectivity index (χ0n) is 74.2. The van der Waals surface area contributed by atoms with Gasteiger partial charge in [0.1, 0.15) is 48.5 Å². The van der Waals surface area contributed by atoms with E-state index in [9.17, 15) is 47.9 Å². The first-order valence-electron chi connectivity index (χ1n) is 42.7. The number of hydrazine groups is 2. The molecular formula is C92H131BrN10O18. The SMILES string of the molecule is C=CBr.C=CC1(C(=O)OCC)CCOC(C)(C)C1.CC(C)[C@@H]1NC(=O)[C@@]2(/C=C/c3ccc4ccc(nc4c3)[C@@H](C)OC(=O)[C@@H]3CCCN(N3)C(=O)[C@H](C)NC1=O)CCOC(C)(C)C2.CC(C)[C@@H]1NC(=O)[C@]2(/C=C/c3ccc4ccc(nc4c3)[C@@H](C)OC(=O)[C@@H]3CCCN(N3)C(=O)[C@H](C)NC1=O)CCOC(C)(C)C2.CCOC(=O)C1CCOC(C)(C)C1. The van der Waals surface area contributed by atoms with Gasteiger partial charge in [0.15, 0.2) is 0 Å². The Hall–Kier alpha value is -8.84. The summed E-state index contributed by atoms with van der Waals surface area (Å²) in [6.45, 7) is 44.4. The van der Waals surface area contributed by atoms with Gasteiger partial charge in [0, 0.05) is 50.3 Å². The first-order chi connectivity index (χ1) is 57.0. The molecule has 2 unspecified atom stereocenters. The molecule has 2 aromatic heterocycles. The maximum atomic E-state index is 14.2. The van der Waals surface area contributed by atoms with Crippen molar-refractivity contribution in [1.29, 1.82) is 0 Å². The fourth-order valence-corrected chi connectivity index (χ4v) is 16.6. The standard InChI is InChI=1S/2C34H45N5O6.C12H20O3.C10H18O3.C2H3Br/c2*1-20(2)28-29(40)35-21(3)30(41)39-16-7-8-26(38-39)31(42)45-22(4)25-12-11-24-10-9-23(18-27(24)36-25)13-14-34(32(43)37-28)15-17-44-33(5,6)19-34;1-5-12(10(13)14-6-2)7-8-15-11(3,4)9-12;1-4-12-9(11)8-5-6-13-10(2,3)7-8;1-2-3/h2*9-14,18,20-22,26,28,38H,7-8,15-17,19H2,1-6H3,(H,35,40)(H,37,43);5H,1,6-9H2,2-4H3;8H,4-7H2,1-3H3;2H,1H2/b2*14-13+;;;/t21-,22+,26-,28-,34+;21-,22+,26-,28-,34-;;;/m00.../s1. The number of halogens is 1. The first kappa shape index (κ1) is 97.6. The highest BCUT2D eigenvalue weighted by molar-refractivity contribution is 9.11. The number of pyridine rings is 2. The number of carbonyl (C=O) groups is 10. The maximum absolute atomic E-state index is 14.2. The lowest BCUT2D eigenvalue weighted by Gasteiger charge is -2.43. The van der Waals surface area contributed by atoms with Crippen molar-refractivity contribution in [3.8, 4) is 0 Å². The zero-order valence-corrected chi connectivity index (χ0v) is 75.7. The molecule has 12 atom stereocenters. The summed E-state index contributed by atoms with van der Waals surface area (Å²) in [5.41, 5.74) is 6.37. The van der Waals surface area contributed by atoms with Gasteiger partial charge in [0.2, 0.25) is 23.6 Å². The number of aromatic nitrogens is 2. The van der Waals surface area contributed by atoms with Crippen LogP contribution in [-0.4, -0.2) is 191 Å². The summed E-state index contributed by atoms with van der Waals surface area (Å²) in [4.78, 5) is 143. The van der Waals surface area contributed by atoms with Gasteiger partial charge in [-0.05, 0) is 226 Å². The lowest BCUT2D eigenvalue weighted by atomic mass is 9.72. The molecule has 8 aliphatic rings. The minimum absolute atomic E-state index is 0.0312. The van der Waals surface area contributed by atoms with Crippen molar-refractivity contribution in [2.45, 2.75) is 273 Å². The monoisotopic (exact) mass is 1740 g/mol. The summed E-state index contributed by atoms with van der Waals surface area (Å²) in [5, 5.41) is 16.2. The predicted molar refractivity (Wildman–Crippen MR) is 465 cm³/mol. The molecule has 29 heteroatoms. The Morgan fingerprint density at radius 3 is 1.32 bits per heavy atom. The van der Waals surface area contributed by atoms with E-state index in [4.69, 9.17) is 47.9 Å². The largest absolute Gasteiger partial charge is 0.466 e. The number of fused-ring (bicyclic) bond motifs is 8. The van der Waals surface area contributed by atoms with E-state index in [2.05, 4.69) is 61.2 Å². The van der Waals surface area contributed by atoms with Crippen molar-refractivity contribution in [2.75, 3.05) is 52.7 Å². The van der Waals surface area contributed by atoms with Crippen LogP contribution in [-0.2, 0) is 85.8 Å². The highest BCUT2D eigenvalue weighted by atomic mass is 79.9. The van der Waals surface area contributed by atoms with Crippen molar-refractivity contribution in [2.24, 2.45) is 34.0 Å². The van der Waals surface area contributed by atoms with Gasteiger partial charge < -0.3 is 59.2 Å². The number of hydrogen-bond donors (Lipinski definition) is 6. The molecule has 2 spiro atoms. The number of ether oxygens (including phenoxy) is 8. The molecule has 664 valence electrons. The zero-order chi connectivity index (χ0) is 89.2. The lowest BCUT2D eigenvalue weighted by molar-refractivity contribution is -0.166. The molecule has 10 heterocycles. The number of nitrogens with zero attached hydrogens (tertiary/aromatic N) is 4. The summed E-state index contributed by atoms with van der Waals surface area (Å²) in [5.74, 6) is -3.86. The van der Waals surface area contributed by atoms with E-state index in [0.717, 1.165) is 45.8 Å². The molecule has 0 aliphatic carbocycles. The van der Waals surface area contributed by atoms with Gasteiger partial charge >= 0.3 is 23.9 Å². The number of carbonyl (C=O) groups excluding carboxylic acids is 10. The third kappa shape index (κ3) is 26.4. The van der Waals surface area contributed by atoms with Gasteiger partial charge in [0.05, 0.1) is 80.2 Å². The molecular weight excluding hydrogens is 1610 g/mol. The van der Waals surface area contributed by atoms with Crippen LogP contribution < -0.4 is 32.1 Å². The summed E-state index contributed by atoms with van der Waals surface area (Å²) < 4.78 is 44.8. The van der Waals surface area contributed by atoms with Gasteiger partial charge in [-0.1, -0.05) is 117 Å². The minimum atomic E-state index is -0.935. The molecule has 6 fully saturated rings. The molecule has 6 amide bonds. The molecule has 4 aromatic rings. The Kier molecular flexibility index (Phi) is 34.3. The highest BCUT2D eigenvalue weighted by Gasteiger charge is 2.50. The second kappa shape index (κ2) is 42.5. The predicted octanol–water partition coefficient (Wildman–Crippen LogP) is 12.8. The lowest BCUT2D eigenvalue weighted by Crippen LogP contribution is -2.61. The minimum Gasteiger partial charge on any atom is -0.466 e. The number of rotatable bonds is 7. The van der Waals surface area contributed by atoms with E-state index in [-0.39, 0.29) is 64.5 Å². The van der Waals surface area contributed by atoms with Crippen LogP contribution in [0.1, 0.15) is 236 Å². The summed E-state index contributed by atoms with van der Waals surface area (Å²) in [7, 11) is 0. The molecule has 6 N–H and O–H groups in total. The smallest absolute Gasteiger partial charge is 0.325 e. The van der Waals surface area contributed by atoms with Gasteiger partial charge in [0.25, 0.3) is 11.8 Å². The van der Waals surface area contributed by atoms with E-state index >= 15 is 0 Å². The Labute approximate surface area is 722 Å². The quantitative estimate of drug-likeness (QED) is 0.0568. The van der Waals surface area contributed by atoms with Crippen LogP contribution >= 0.6 is 15.9 Å². The van der Waals surface area contributed by atoms with Crippen molar-refractivity contribution in [1.82, 2.24) is 52.1 Å². The maximum Gasteiger partial charge on any atom is 0.325 e. The molecule has 0 saturated carbocycles. The van der Waals surface area contributed by atoms with E-state index in [0.29, 0.717) is 128 Å². The summed E-state index contributed by atoms with van der Waals surface area (Å²) in [6.07, 6.45) is 14.9. The number of benzene rings is 2. The third-order valence-electron chi connectivity index (χ3n) is 23.1. The number of nitrogens with one attached hydrogen (secondary N) is 6. The second-order valence-corrected chi connectivity index (χ2v) is 36.5. The van der Waals surface area contributed by atoms with E-state index in [1.165, 1.54) is 10.0 Å². The normalized spacial score (nSPS) is 29.4. The number of hydrogen-bond acceptors (Lipinski definition) is 22. The van der Waals surface area contributed by atoms with Crippen LogP contribution in [0.15, 0.2) is 97.0 Å². The Bertz CT molecular complexity index is 4210. The topological polar surface area (TPSA) is 349 Å². The fourth-order valence-electron chi connectivity index (χ4n) is 16.6. The second-order valence-electron chi connectivity index (χ2n) is 35.9. The van der Waals surface area contributed by atoms with Crippen LogP contribution in [0.2, 0.25) is 0 Å². The van der Waals surface area contributed by atoms with Crippen LogP contribution in [0.3, 0.4) is 0 Å². The Morgan fingerprint density at radius 1 is 0.545 bits per heavy atom. The Balaban J connectivity index is 0.000000223. The van der Waals surface area contributed by atoms with Gasteiger partial charge in [-0.25, -0.2) is 20.8 Å². The molecule has 28 nitrogen and oxygen atoms in total. The van der Waals surface area contributed by atoms with Crippen molar-refractivity contribution >= 4 is 109 Å². The first-order valence-corrected chi connectivity index (χ1v) is 43.6. The van der Waals surface area contributed by atoms with Gasteiger partial charge in [-0.15, -0.1) is 6.58 Å². The van der Waals surface area contributed by atoms with E-state index < -0.39 is 99.7 Å². The molecule has 121 heavy (non-hydrogen) atoms. The highest BCUT2D eigenvalue weighted by Crippen LogP contribution is 2.45. The van der Waals surface area contributed by atoms with Crippen molar-refractivity contribution in [3.63, 3.8) is 0 Å². The number of amides is 6. The van der Waals surface area contributed by atoms with E-state index in [1.54, 1.807) is 38.8 Å². The fraction of sp³-hybridized carbons (Fsp3) is 0.609. The van der Waals surface area contributed by atoms with Crippen LogP contribution in [0.5, 0.6) is 0 Å². The molecule has 6 saturated heterocycles. The van der Waals surface area contributed by atoms with Crippen LogP contribution in [0, 0.1) is 34.0 Å². The number of cyclic esters (lactones) is 2. The molecule has 12 rings (SSSR count). The van der Waals surface area contributed by atoms with Crippen molar-refractivity contribution < 1.29 is 85.8 Å². The summed E-state index contributed by atoms with van der Waals surface area (Å²) >= 11 is 2.91. The van der Waals surface area contributed by atoms with Crippen LogP contribution in [0.25, 0.3) is 34.0 Å². The van der Waals surface area contributed by atoms with E-state index in [1.807, 2.05) is 182 Å². The average molecular weight is 1750 g/mol. The van der Waals surface area contributed by atoms with Crippen LogP contribution in [0.4, 0.5) is 0 Å². The van der Waals surface area contributed by atoms with Crippen molar-refractivity contribution in [3.05, 3.63) is 120 Å². The molecule has 10 bridgehead atoms. The molecule has 0 radical (unpaired) electrons. The average Bonchev–Trinajstić information content (AvgIpc) is 1.05. The molecule has 8 aliphatic heterocycles. The Morgan fingerprint density at radius 2 is 0.942 bits per heavy atom. The van der Waals surface area contributed by atoms with Gasteiger partial charge in [-0.2, -0.15) is 0 Å². The van der Waals surface area contributed by atoms with Gasteiger partial charge in [-0.3, -0.25) is 58.0 Å². The summed E-state index contributed by atoms with van der Waals surface area (Å²) in [6, 6.07) is 14.3.